The first-order valence-corrected chi connectivity index (χ1v) is 7.61. The van der Waals surface area contributed by atoms with E-state index in [4.69, 9.17) is 36.0 Å². The van der Waals surface area contributed by atoms with E-state index >= 15 is 0 Å². The Morgan fingerprint density at radius 3 is 2.55 bits per heavy atom. The molecule has 0 radical (unpaired) electrons. The van der Waals surface area contributed by atoms with E-state index in [-0.39, 0.29) is 5.56 Å². The smallest absolute Gasteiger partial charge is 0.273 e. The van der Waals surface area contributed by atoms with Gasteiger partial charge in [0.1, 0.15) is 10.3 Å². The highest BCUT2D eigenvalue weighted by molar-refractivity contribution is 7.73. The van der Waals surface area contributed by atoms with E-state index in [0.717, 1.165) is 5.69 Å². The highest BCUT2D eigenvalue weighted by Crippen LogP contribution is 2.23. The van der Waals surface area contributed by atoms with Crippen LogP contribution in [-0.4, -0.2) is 14.1 Å². The standard InChI is InChI=1S/C12H8ClN3OS3/c1-15-10(17)8-9(14-11(15)18)16(12(19)20-8)7-4-2-6(13)3-5-7/h2-5H,1H3,(H,14,18). The fourth-order valence-electron chi connectivity index (χ4n) is 1.89. The number of hydrogen-bond acceptors (Lipinski definition) is 4. The largest absolute Gasteiger partial charge is 0.317 e. The van der Waals surface area contributed by atoms with Crippen LogP contribution in [0.4, 0.5) is 0 Å². The minimum atomic E-state index is -0.146. The van der Waals surface area contributed by atoms with E-state index in [0.29, 0.717) is 24.1 Å². The van der Waals surface area contributed by atoms with Gasteiger partial charge in [-0.2, -0.15) is 0 Å². The van der Waals surface area contributed by atoms with Crippen LogP contribution in [-0.2, 0) is 7.05 Å². The van der Waals surface area contributed by atoms with Gasteiger partial charge in [-0.15, -0.1) is 0 Å². The zero-order valence-electron chi connectivity index (χ0n) is 10.2. The quantitative estimate of drug-likeness (QED) is 0.684. The van der Waals surface area contributed by atoms with Gasteiger partial charge in [0.05, 0.1) is 0 Å². The Morgan fingerprint density at radius 2 is 1.90 bits per heavy atom. The molecule has 4 nitrogen and oxygen atoms in total. The second kappa shape index (κ2) is 4.92. The summed E-state index contributed by atoms with van der Waals surface area (Å²) < 4.78 is 4.69. The first kappa shape index (κ1) is 13.7. The number of H-pyrrole nitrogens is 1. The highest BCUT2D eigenvalue weighted by atomic mass is 35.5. The molecule has 1 aromatic carbocycles. The van der Waals surface area contributed by atoms with Crippen LogP contribution in [0.2, 0.25) is 5.02 Å². The monoisotopic (exact) mass is 341 g/mol. The lowest BCUT2D eigenvalue weighted by atomic mass is 10.3. The Morgan fingerprint density at radius 1 is 1.25 bits per heavy atom. The van der Waals surface area contributed by atoms with Gasteiger partial charge in [-0.05, 0) is 48.7 Å². The number of rotatable bonds is 1. The second-order valence-electron chi connectivity index (χ2n) is 4.15. The molecule has 3 aromatic rings. The van der Waals surface area contributed by atoms with E-state index in [2.05, 4.69) is 4.98 Å². The fourth-order valence-corrected chi connectivity index (χ4v) is 3.56. The average molecular weight is 342 g/mol. The molecular weight excluding hydrogens is 334 g/mol. The SMILES string of the molecule is Cn1c(=S)[nH]c2c(sc(=S)n2-c2ccc(Cl)cc2)c1=O. The van der Waals surface area contributed by atoms with E-state index in [9.17, 15) is 4.79 Å². The van der Waals surface area contributed by atoms with Gasteiger partial charge in [0, 0.05) is 17.8 Å². The average Bonchev–Trinajstić information content (AvgIpc) is 2.74. The van der Waals surface area contributed by atoms with Crippen molar-refractivity contribution in [1.29, 1.82) is 0 Å². The summed E-state index contributed by atoms with van der Waals surface area (Å²) in [5, 5.41) is 0.642. The van der Waals surface area contributed by atoms with Crippen LogP contribution < -0.4 is 5.56 Å². The number of thiazole rings is 1. The predicted molar refractivity (Wildman–Crippen MR) is 87.4 cm³/mol. The summed E-state index contributed by atoms with van der Waals surface area (Å²) >= 11 is 17.7. The molecule has 0 bridgehead atoms. The van der Waals surface area contributed by atoms with Crippen molar-refractivity contribution in [3.8, 4) is 5.69 Å². The van der Waals surface area contributed by atoms with Crippen molar-refractivity contribution in [2.45, 2.75) is 0 Å². The van der Waals surface area contributed by atoms with Gasteiger partial charge >= 0.3 is 0 Å². The lowest BCUT2D eigenvalue weighted by Crippen LogP contribution is -2.18. The maximum atomic E-state index is 12.2. The summed E-state index contributed by atoms with van der Waals surface area (Å²) in [5.74, 6) is 0. The molecule has 0 aliphatic rings. The molecule has 0 aliphatic heterocycles. The maximum Gasteiger partial charge on any atom is 0.273 e. The molecule has 0 saturated carbocycles. The van der Waals surface area contributed by atoms with Gasteiger partial charge in [-0.3, -0.25) is 13.9 Å². The third kappa shape index (κ3) is 2.07. The Kier molecular flexibility index (Phi) is 3.37. The van der Waals surface area contributed by atoms with Gasteiger partial charge in [0.2, 0.25) is 0 Å². The van der Waals surface area contributed by atoms with E-state index in [1.54, 1.807) is 23.7 Å². The predicted octanol–water partition coefficient (Wildman–Crippen LogP) is 3.83. The molecule has 2 heterocycles. The topological polar surface area (TPSA) is 42.7 Å². The molecule has 0 aliphatic carbocycles. The fraction of sp³-hybridized carbons (Fsp3) is 0.0833. The molecule has 2 aromatic heterocycles. The molecule has 0 spiro atoms. The molecule has 102 valence electrons. The summed E-state index contributed by atoms with van der Waals surface area (Å²) in [6.45, 7) is 0. The molecule has 0 atom stereocenters. The number of fused-ring (bicyclic) bond motifs is 1. The Hall–Kier alpha value is -1.28. The lowest BCUT2D eigenvalue weighted by molar-refractivity contribution is 0.820. The van der Waals surface area contributed by atoms with Crippen molar-refractivity contribution in [2.24, 2.45) is 7.05 Å². The van der Waals surface area contributed by atoms with Crippen molar-refractivity contribution in [2.75, 3.05) is 0 Å². The third-order valence-corrected chi connectivity index (χ3v) is 4.91. The molecule has 20 heavy (non-hydrogen) atoms. The first-order valence-electron chi connectivity index (χ1n) is 5.60. The number of nitrogens with zero attached hydrogens (tertiary/aromatic N) is 2. The van der Waals surface area contributed by atoms with Crippen LogP contribution in [0.3, 0.4) is 0 Å². The van der Waals surface area contributed by atoms with Gasteiger partial charge in [-0.1, -0.05) is 22.9 Å². The Labute approximate surface area is 132 Å². The summed E-state index contributed by atoms with van der Waals surface area (Å²) in [4.78, 5) is 15.3. The van der Waals surface area contributed by atoms with E-state index in [1.165, 1.54) is 15.9 Å². The second-order valence-corrected chi connectivity index (χ2v) is 6.62. The number of benzene rings is 1. The molecular formula is C12H8ClN3OS3. The molecule has 1 N–H and O–H groups in total. The summed E-state index contributed by atoms with van der Waals surface area (Å²) in [6, 6.07) is 7.24. The van der Waals surface area contributed by atoms with Crippen LogP contribution in [0.25, 0.3) is 16.0 Å². The van der Waals surface area contributed by atoms with Gasteiger partial charge < -0.3 is 4.98 Å². The summed E-state index contributed by atoms with van der Waals surface area (Å²) in [7, 11) is 1.63. The van der Waals surface area contributed by atoms with Crippen molar-refractivity contribution in [3.05, 3.63) is 48.4 Å². The Balaban J connectivity index is 2.46. The zero-order chi connectivity index (χ0) is 14.4. The lowest BCUT2D eigenvalue weighted by Gasteiger charge is -2.05. The number of halogens is 1. The minimum absolute atomic E-state index is 0.146. The van der Waals surface area contributed by atoms with Crippen LogP contribution in [0.1, 0.15) is 0 Å². The van der Waals surface area contributed by atoms with E-state index in [1.807, 2.05) is 12.1 Å². The van der Waals surface area contributed by atoms with Crippen LogP contribution >= 0.6 is 47.4 Å². The van der Waals surface area contributed by atoms with Crippen molar-refractivity contribution in [3.63, 3.8) is 0 Å². The molecule has 0 fully saturated rings. The van der Waals surface area contributed by atoms with Crippen LogP contribution in [0.15, 0.2) is 29.1 Å². The summed E-state index contributed by atoms with van der Waals surface area (Å²) in [6.07, 6.45) is 0. The van der Waals surface area contributed by atoms with Gasteiger partial charge in [-0.25, -0.2) is 0 Å². The van der Waals surface area contributed by atoms with Crippen LogP contribution in [0, 0.1) is 8.73 Å². The zero-order valence-corrected chi connectivity index (χ0v) is 13.4. The molecule has 0 amide bonds. The molecule has 8 heteroatoms. The van der Waals surface area contributed by atoms with Gasteiger partial charge in [0.15, 0.2) is 8.73 Å². The van der Waals surface area contributed by atoms with Crippen molar-refractivity contribution in [1.82, 2.24) is 14.1 Å². The third-order valence-electron chi connectivity index (χ3n) is 2.92. The van der Waals surface area contributed by atoms with E-state index < -0.39 is 0 Å². The van der Waals surface area contributed by atoms with Gasteiger partial charge in [0.25, 0.3) is 5.56 Å². The molecule has 3 rings (SSSR count). The molecule has 0 saturated heterocycles. The molecule has 0 unspecified atom stereocenters. The maximum absolute atomic E-state index is 12.2. The van der Waals surface area contributed by atoms with Crippen molar-refractivity contribution >= 4 is 57.7 Å². The summed E-state index contributed by atoms with van der Waals surface area (Å²) in [5.41, 5.74) is 1.31. The van der Waals surface area contributed by atoms with Crippen molar-refractivity contribution < 1.29 is 0 Å². The Bertz CT molecular complexity index is 978. The van der Waals surface area contributed by atoms with Crippen LogP contribution in [0.5, 0.6) is 0 Å². The number of nitrogens with one attached hydrogen (secondary N) is 1. The first-order chi connectivity index (χ1) is 9.49. The number of hydrogen-bond donors (Lipinski definition) is 1. The highest BCUT2D eigenvalue weighted by Gasteiger charge is 2.12. The number of aromatic amines is 1. The number of aromatic nitrogens is 3. The minimum Gasteiger partial charge on any atom is -0.317 e. The normalized spacial score (nSPS) is 11.1.